The SMILES string of the molecule is Cc1ccc(C(=O)Cl)cc1I.Cc1ccc(C(=O)Nc2ccc(CO)c(C(F)(F)F)c2)cc1I.Nc1ccc(CO)c(C(F)(F)F)c1. The average molecular weight is 907 g/mol. The third kappa shape index (κ3) is 12.2. The van der Waals surface area contributed by atoms with Crippen molar-refractivity contribution in [3.8, 4) is 0 Å². The van der Waals surface area contributed by atoms with E-state index in [1.54, 1.807) is 30.3 Å². The molecule has 0 spiro atoms. The maximum absolute atomic E-state index is 12.9. The van der Waals surface area contributed by atoms with Crippen molar-refractivity contribution in [1.82, 2.24) is 0 Å². The highest BCUT2D eigenvalue weighted by atomic mass is 127. The topological polar surface area (TPSA) is 113 Å². The van der Waals surface area contributed by atoms with Crippen molar-refractivity contribution >= 4 is 79.3 Å². The van der Waals surface area contributed by atoms with Crippen LogP contribution in [0.3, 0.4) is 0 Å². The summed E-state index contributed by atoms with van der Waals surface area (Å²) in [7, 11) is 0. The van der Waals surface area contributed by atoms with Crippen molar-refractivity contribution in [2.45, 2.75) is 39.4 Å². The molecule has 4 rings (SSSR count). The number of anilines is 2. The zero-order valence-corrected chi connectivity index (χ0v) is 29.6. The van der Waals surface area contributed by atoms with Gasteiger partial charge in [-0.2, -0.15) is 26.3 Å². The third-order valence-electron chi connectivity index (χ3n) is 6.29. The quantitative estimate of drug-likeness (QED) is 0.0692. The average Bonchev–Trinajstić information content (AvgIpc) is 2.99. The summed E-state index contributed by atoms with van der Waals surface area (Å²) in [6, 6.07) is 17.0. The third-order valence-corrected chi connectivity index (χ3v) is 8.83. The van der Waals surface area contributed by atoms with Gasteiger partial charge in [-0.05, 0) is 141 Å². The summed E-state index contributed by atoms with van der Waals surface area (Å²) in [4.78, 5) is 22.8. The number of alkyl halides is 6. The fraction of sp³-hybridized carbons (Fsp3) is 0.188. The minimum absolute atomic E-state index is 0.0232. The lowest BCUT2D eigenvalue weighted by Crippen LogP contribution is -2.15. The summed E-state index contributed by atoms with van der Waals surface area (Å²) >= 11 is 9.54. The maximum atomic E-state index is 12.9. The highest BCUT2D eigenvalue weighted by Crippen LogP contribution is 2.34. The number of aliphatic hydroxyl groups is 2. The van der Waals surface area contributed by atoms with Crippen LogP contribution in [-0.4, -0.2) is 21.4 Å². The van der Waals surface area contributed by atoms with Crippen LogP contribution >= 0.6 is 56.8 Å². The zero-order valence-electron chi connectivity index (χ0n) is 24.5. The van der Waals surface area contributed by atoms with E-state index in [2.05, 4.69) is 50.5 Å². The van der Waals surface area contributed by atoms with E-state index in [0.717, 1.165) is 42.5 Å². The number of hydrogen-bond acceptors (Lipinski definition) is 5. The Hall–Kier alpha value is -2.93. The number of rotatable bonds is 5. The van der Waals surface area contributed by atoms with Gasteiger partial charge in [-0.3, -0.25) is 9.59 Å². The van der Waals surface area contributed by atoms with Gasteiger partial charge in [0, 0.05) is 29.6 Å². The number of benzene rings is 4. The van der Waals surface area contributed by atoms with Gasteiger partial charge in [-0.1, -0.05) is 24.3 Å². The van der Waals surface area contributed by atoms with Gasteiger partial charge in [0.2, 0.25) is 0 Å². The molecule has 0 heterocycles. The minimum atomic E-state index is -4.60. The van der Waals surface area contributed by atoms with Crippen molar-refractivity contribution < 1.29 is 46.1 Å². The van der Waals surface area contributed by atoms with Crippen LogP contribution in [-0.2, 0) is 25.6 Å². The molecule has 4 aromatic carbocycles. The lowest BCUT2D eigenvalue weighted by atomic mass is 10.1. The van der Waals surface area contributed by atoms with E-state index < -0.39 is 47.8 Å². The fourth-order valence-corrected chi connectivity index (χ4v) is 4.85. The first kappa shape index (κ1) is 40.2. The second-order valence-corrected chi connectivity index (χ2v) is 12.4. The number of halogens is 9. The number of aliphatic hydroxyl groups excluding tert-OH is 2. The van der Waals surface area contributed by atoms with E-state index in [1.807, 2.05) is 19.9 Å². The molecule has 0 unspecified atom stereocenters. The van der Waals surface area contributed by atoms with E-state index in [4.69, 9.17) is 27.5 Å². The molecule has 0 saturated heterocycles. The lowest BCUT2D eigenvalue weighted by molar-refractivity contribution is -0.139. The van der Waals surface area contributed by atoms with E-state index >= 15 is 0 Å². The summed E-state index contributed by atoms with van der Waals surface area (Å²) < 4.78 is 77.5. The van der Waals surface area contributed by atoms with E-state index in [1.165, 1.54) is 12.1 Å². The molecular formula is C32H27ClF6I2N2O4. The molecule has 47 heavy (non-hydrogen) atoms. The summed E-state index contributed by atoms with van der Waals surface area (Å²) in [6.45, 7) is 2.52. The molecule has 6 nitrogen and oxygen atoms in total. The Morgan fingerprint density at radius 1 is 0.723 bits per heavy atom. The molecular weight excluding hydrogens is 880 g/mol. The molecule has 252 valence electrons. The van der Waals surface area contributed by atoms with Crippen LogP contribution in [0.15, 0.2) is 72.8 Å². The maximum Gasteiger partial charge on any atom is 0.416 e. The van der Waals surface area contributed by atoms with Crippen LogP contribution in [0.4, 0.5) is 37.7 Å². The van der Waals surface area contributed by atoms with Crippen LogP contribution in [0.1, 0.15) is 54.1 Å². The second-order valence-electron chi connectivity index (χ2n) is 9.76. The second kappa shape index (κ2) is 17.5. The Balaban J connectivity index is 0.000000270. The molecule has 0 fully saturated rings. The Morgan fingerprint density at radius 3 is 1.62 bits per heavy atom. The van der Waals surface area contributed by atoms with Crippen molar-refractivity contribution in [2.75, 3.05) is 11.1 Å². The number of nitrogens with one attached hydrogen (secondary N) is 1. The summed E-state index contributed by atoms with van der Waals surface area (Å²) in [5, 5.41) is 19.7. The minimum Gasteiger partial charge on any atom is -0.399 e. The van der Waals surface area contributed by atoms with Crippen LogP contribution in [0.2, 0.25) is 0 Å². The first-order chi connectivity index (χ1) is 21.8. The van der Waals surface area contributed by atoms with Gasteiger partial charge >= 0.3 is 12.4 Å². The van der Waals surface area contributed by atoms with Crippen LogP contribution < -0.4 is 11.1 Å². The van der Waals surface area contributed by atoms with Crippen molar-refractivity contribution in [1.29, 1.82) is 0 Å². The molecule has 0 aliphatic rings. The smallest absolute Gasteiger partial charge is 0.399 e. The number of nitrogen functional groups attached to an aromatic ring is 1. The van der Waals surface area contributed by atoms with Crippen molar-refractivity contribution in [2.24, 2.45) is 0 Å². The van der Waals surface area contributed by atoms with Crippen LogP contribution in [0, 0.1) is 21.0 Å². The number of aryl methyl sites for hydroxylation is 2. The number of amides is 1. The predicted molar refractivity (Wildman–Crippen MR) is 185 cm³/mol. The number of nitrogens with two attached hydrogens (primary N) is 1. The first-order valence-corrected chi connectivity index (χ1v) is 15.7. The highest BCUT2D eigenvalue weighted by Gasteiger charge is 2.34. The van der Waals surface area contributed by atoms with E-state index in [9.17, 15) is 35.9 Å². The van der Waals surface area contributed by atoms with Crippen molar-refractivity contribution in [3.63, 3.8) is 0 Å². The van der Waals surface area contributed by atoms with Crippen LogP contribution in [0.25, 0.3) is 0 Å². The van der Waals surface area contributed by atoms with Gasteiger partial charge in [0.15, 0.2) is 0 Å². The summed E-state index contributed by atoms with van der Waals surface area (Å²) in [5.41, 5.74) is 6.10. The highest BCUT2D eigenvalue weighted by molar-refractivity contribution is 14.1. The lowest BCUT2D eigenvalue weighted by Gasteiger charge is -2.14. The molecule has 0 aliphatic heterocycles. The molecule has 0 saturated carbocycles. The summed E-state index contributed by atoms with van der Waals surface area (Å²) in [6.07, 6.45) is -9.06. The molecule has 0 aliphatic carbocycles. The van der Waals surface area contributed by atoms with Gasteiger partial charge in [0.05, 0.1) is 24.3 Å². The Labute approximate surface area is 298 Å². The zero-order chi connectivity index (χ0) is 35.7. The van der Waals surface area contributed by atoms with Gasteiger partial charge in [0.1, 0.15) is 0 Å². The number of carbonyl (C=O) groups is 2. The van der Waals surface area contributed by atoms with E-state index in [0.29, 0.717) is 11.1 Å². The molecule has 0 bridgehead atoms. The molecule has 0 atom stereocenters. The normalized spacial score (nSPS) is 11.1. The largest absolute Gasteiger partial charge is 0.416 e. The molecule has 0 aromatic heterocycles. The Bertz CT molecular complexity index is 1730. The van der Waals surface area contributed by atoms with Gasteiger partial charge < -0.3 is 21.3 Å². The fourth-order valence-electron chi connectivity index (χ4n) is 3.70. The standard InChI is InChI=1S/C16H13F3INO2.C8H6ClIO.C8H8F3NO/c1-9-2-3-10(6-14(9)20)15(23)21-12-5-4-11(8-22)13(7-12)16(17,18)19;1-5-2-3-6(8(9)11)4-7(5)10;9-8(10,11)7-3-6(12)2-1-5(7)4-13/h2-7,22H,8H2,1H3,(H,21,23);2-4H,1H3;1-3,13H,4,12H2. The predicted octanol–water partition coefficient (Wildman–Crippen LogP) is 9.12. The molecule has 0 radical (unpaired) electrons. The Morgan fingerprint density at radius 2 is 1.17 bits per heavy atom. The van der Waals surface area contributed by atoms with Crippen molar-refractivity contribution in [3.05, 3.63) is 124 Å². The van der Waals surface area contributed by atoms with E-state index in [-0.39, 0.29) is 22.5 Å². The molecule has 5 N–H and O–H groups in total. The molecule has 1 amide bonds. The number of carbonyl (C=O) groups excluding carboxylic acids is 2. The first-order valence-electron chi connectivity index (χ1n) is 13.2. The van der Waals surface area contributed by atoms with Crippen LogP contribution in [0.5, 0.6) is 0 Å². The molecule has 15 heteroatoms. The summed E-state index contributed by atoms with van der Waals surface area (Å²) in [5.74, 6) is -0.493. The Kier molecular flexibility index (Phi) is 15.0. The number of hydrogen-bond donors (Lipinski definition) is 4. The monoisotopic (exact) mass is 906 g/mol. The van der Waals surface area contributed by atoms with Gasteiger partial charge in [-0.25, -0.2) is 0 Å². The van der Waals surface area contributed by atoms with Gasteiger partial charge in [0.25, 0.3) is 11.1 Å². The van der Waals surface area contributed by atoms with Gasteiger partial charge in [-0.15, -0.1) is 0 Å². The molecule has 4 aromatic rings.